The van der Waals surface area contributed by atoms with Crippen LogP contribution in [0.4, 0.5) is 11.8 Å². The molecular weight excluding hydrogens is 362 g/mol. The molecule has 0 radical (unpaired) electrons. The Morgan fingerprint density at radius 1 is 1.10 bits per heavy atom. The van der Waals surface area contributed by atoms with Crippen LogP contribution in [0.5, 0.6) is 0 Å². The fraction of sp³-hybridized carbons (Fsp3) is 0.500. The number of anilines is 2. The molecule has 3 N–H and O–H groups in total. The minimum Gasteiger partial charge on any atom is -0.368 e. The number of nitrogens with one attached hydrogen (secondary N) is 1. The monoisotopic (exact) mass is 395 g/mol. The van der Waals surface area contributed by atoms with E-state index in [4.69, 9.17) is 5.73 Å². The fourth-order valence-corrected chi connectivity index (χ4v) is 3.08. The van der Waals surface area contributed by atoms with E-state index < -0.39 is 0 Å². The first-order valence-electron chi connectivity index (χ1n) is 10.3. The quantitative estimate of drug-likeness (QED) is 0.563. The second-order valence-corrected chi connectivity index (χ2v) is 8.60. The van der Waals surface area contributed by atoms with E-state index in [0.29, 0.717) is 12.2 Å². The lowest BCUT2D eigenvalue weighted by molar-refractivity contribution is 0.167. The van der Waals surface area contributed by atoms with Crippen molar-refractivity contribution in [1.82, 2.24) is 24.4 Å². The van der Waals surface area contributed by atoms with Gasteiger partial charge in [0.1, 0.15) is 5.52 Å². The molecule has 7 heteroatoms. The van der Waals surface area contributed by atoms with Gasteiger partial charge in [0.25, 0.3) is 0 Å². The minimum atomic E-state index is 0.150. The highest BCUT2D eigenvalue weighted by Crippen LogP contribution is 2.22. The molecule has 7 nitrogen and oxygen atoms in total. The average Bonchev–Trinajstić information content (AvgIpc) is 3.05. The predicted molar refractivity (Wildman–Crippen MR) is 120 cm³/mol. The molecule has 0 spiro atoms. The number of nitrogen functional groups attached to an aromatic ring is 1. The Morgan fingerprint density at radius 3 is 2.45 bits per heavy atom. The Bertz CT molecular complexity index is 938. The van der Waals surface area contributed by atoms with E-state index in [1.807, 2.05) is 6.33 Å². The molecule has 0 amide bonds. The van der Waals surface area contributed by atoms with E-state index in [9.17, 15) is 0 Å². The molecule has 0 unspecified atom stereocenters. The summed E-state index contributed by atoms with van der Waals surface area (Å²) in [5, 5.41) is 3.39. The summed E-state index contributed by atoms with van der Waals surface area (Å²) >= 11 is 0. The predicted octanol–water partition coefficient (Wildman–Crippen LogP) is 3.90. The first kappa shape index (κ1) is 21.0. The van der Waals surface area contributed by atoms with Crippen molar-refractivity contribution < 1.29 is 0 Å². The van der Waals surface area contributed by atoms with Gasteiger partial charge >= 0.3 is 0 Å². The summed E-state index contributed by atoms with van der Waals surface area (Å²) in [6, 6.07) is 8.76. The Morgan fingerprint density at radius 2 is 1.79 bits per heavy atom. The number of unbranched alkanes of at least 4 members (excludes halogenated alkanes) is 1. The topological polar surface area (TPSA) is 84.9 Å². The van der Waals surface area contributed by atoms with Crippen LogP contribution in [0.15, 0.2) is 30.6 Å². The third kappa shape index (κ3) is 5.23. The molecular formula is C22H33N7. The highest BCUT2D eigenvalue weighted by atomic mass is 15.2. The minimum absolute atomic E-state index is 0.150. The van der Waals surface area contributed by atoms with Crippen molar-refractivity contribution in [2.45, 2.75) is 59.2 Å². The zero-order valence-corrected chi connectivity index (χ0v) is 18.2. The van der Waals surface area contributed by atoms with Crippen molar-refractivity contribution in [1.29, 1.82) is 0 Å². The lowest BCUT2D eigenvalue weighted by atomic mass is 10.0. The van der Waals surface area contributed by atoms with Crippen LogP contribution in [0, 0.1) is 0 Å². The van der Waals surface area contributed by atoms with Crippen LogP contribution in [-0.4, -0.2) is 43.6 Å². The van der Waals surface area contributed by atoms with Crippen molar-refractivity contribution in [3.8, 4) is 0 Å². The maximum Gasteiger partial charge on any atom is 0.224 e. The van der Waals surface area contributed by atoms with Gasteiger partial charge in [-0.15, -0.1) is 0 Å². The standard InChI is InChI=1S/C22H33N7/c1-6-7-12-24-19-18-20(27-21(23)26-19)25-15-29(18)14-17-10-8-16(9-11-17)13-28(5)22(2,3)4/h8-11,15H,6-7,12-14H2,1-5H3,(H3,23,24,26,27). The zero-order valence-electron chi connectivity index (χ0n) is 18.2. The van der Waals surface area contributed by atoms with Crippen molar-refractivity contribution >= 4 is 22.9 Å². The van der Waals surface area contributed by atoms with Gasteiger partial charge < -0.3 is 15.6 Å². The number of nitrogens with two attached hydrogens (primary N) is 1. The third-order valence-corrected chi connectivity index (χ3v) is 5.25. The molecule has 0 fully saturated rings. The number of fused-ring (bicyclic) bond motifs is 1. The number of hydrogen-bond donors (Lipinski definition) is 2. The van der Waals surface area contributed by atoms with Crippen molar-refractivity contribution in [2.24, 2.45) is 0 Å². The van der Waals surface area contributed by atoms with Gasteiger partial charge in [-0.1, -0.05) is 37.6 Å². The molecule has 3 rings (SSSR count). The Hall–Kier alpha value is -2.67. The molecule has 0 aliphatic rings. The number of hydrogen-bond acceptors (Lipinski definition) is 6. The number of nitrogens with zero attached hydrogens (tertiary/aromatic N) is 5. The molecule has 1 aromatic carbocycles. The first-order valence-corrected chi connectivity index (χ1v) is 10.3. The highest BCUT2D eigenvalue weighted by molar-refractivity contribution is 5.84. The third-order valence-electron chi connectivity index (χ3n) is 5.25. The summed E-state index contributed by atoms with van der Waals surface area (Å²) in [5.41, 5.74) is 10.0. The Kier molecular flexibility index (Phi) is 6.37. The zero-order chi connectivity index (χ0) is 21.0. The molecule has 0 saturated carbocycles. The summed E-state index contributed by atoms with van der Waals surface area (Å²) in [4.78, 5) is 15.5. The van der Waals surface area contributed by atoms with E-state index >= 15 is 0 Å². The second kappa shape index (κ2) is 8.78. The van der Waals surface area contributed by atoms with Gasteiger partial charge in [-0.25, -0.2) is 4.98 Å². The molecule has 29 heavy (non-hydrogen) atoms. The molecule has 3 aromatic rings. The second-order valence-electron chi connectivity index (χ2n) is 8.60. The van der Waals surface area contributed by atoms with Crippen LogP contribution in [0.25, 0.3) is 11.2 Å². The van der Waals surface area contributed by atoms with Crippen molar-refractivity contribution in [2.75, 3.05) is 24.6 Å². The first-order chi connectivity index (χ1) is 13.8. The number of benzene rings is 1. The van der Waals surface area contributed by atoms with Crippen LogP contribution in [0.3, 0.4) is 0 Å². The SMILES string of the molecule is CCCCNc1nc(N)nc2ncn(Cc3ccc(CN(C)C(C)(C)C)cc3)c12. The summed E-state index contributed by atoms with van der Waals surface area (Å²) in [7, 11) is 2.16. The molecule has 0 atom stereocenters. The van der Waals surface area contributed by atoms with Gasteiger partial charge in [0, 0.05) is 25.2 Å². The van der Waals surface area contributed by atoms with Crippen LogP contribution in [0.2, 0.25) is 0 Å². The smallest absolute Gasteiger partial charge is 0.224 e. The van der Waals surface area contributed by atoms with Crippen LogP contribution >= 0.6 is 0 Å². The maximum atomic E-state index is 5.86. The van der Waals surface area contributed by atoms with Gasteiger partial charge in [0.15, 0.2) is 11.5 Å². The van der Waals surface area contributed by atoms with Gasteiger partial charge in [0.05, 0.1) is 6.33 Å². The number of aromatic nitrogens is 4. The largest absolute Gasteiger partial charge is 0.368 e. The van der Waals surface area contributed by atoms with E-state index in [1.165, 1.54) is 11.1 Å². The van der Waals surface area contributed by atoms with E-state index in [2.05, 4.69) is 88.7 Å². The van der Waals surface area contributed by atoms with Gasteiger partial charge in [-0.2, -0.15) is 9.97 Å². The summed E-state index contributed by atoms with van der Waals surface area (Å²) in [5.74, 6) is 0.996. The molecule has 2 aromatic heterocycles. The van der Waals surface area contributed by atoms with Crippen LogP contribution in [-0.2, 0) is 13.1 Å². The van der Waals surface area contributed by atoms with E-state index in [0.717, 1.165) is 37.3 Å². The molecule has 0 saturated heterocycles. The van der Waals surface area contributed by atoms with Crippen LogP contribution < -0.4 is 11.1 Å². The molecule has 2 heterocycles. The van der Waals surface area contributed by atoms with Gasteiger partial charge in [-0.3, -0.25) is 4.90 Å². The van der Waals surface area contributed by atoms with E-state index in [1.54, 1.807) is 0 Å². The Balaban J connectivity index is 1.79. The van der Waals surface area contributed by atoms with Gasteiger partial charge in [-0.05, 0) is 45.4 Å². The average molecular weight is 396 g/mol. The summed E-state index contributed by atoms with van der Waals surface area (Å²) in [6.45, 7) is 11.3. The summed E-state index contributed by atoms with van der Waals surface area (Å²) in [6.07, 6.45) is 4.00. The van der Waals surface area contributed by atoms with Gasteiger partial charge in [0.2, 0.25) is 5.95 Å². The summed E-state index contributed by atoms with van der Waals surface area (Å²) < 4.78 is 2.08. The molecule has 156 valence electrons. The molecule has 0 aliphatic heterocycles. The lowest BCUT2D eigenvalue weighted by Crippen LogP contribution is -2.37. The number of rotatable bonds is 8. The lowest BCUT2D eigenvalue weighted by Gasteiger charge is -2.31. The van der Waals surface area contributed by atoms with E-state index in [-0.39, 0.29) is 11.5 Å². The van der Waals surface area contributed by atoms with Crippen molar-refractivity contribution in [3.63, 3.8) is 0 Å². The molecule has 0 aliphatic carbocycles. The van der Waals surface area contributed by atoms with Crippen molar-refractivity contribution in [3.05, 3.63) is 41.7 Å². The molecule has 0 bridgehead atoms. The fourth-order valence-electron chi connectivity index (χ4n) is 3.08. The Labute approximate surface area is 173 Å². The number of imidazole rings is 1. The highest BCUT2D eigenvalue weighted by Gasteiger charge is 2.17. The maximum absolute atomic E-state index is 5.86. The normalized spacial score (nSPS) is 12.1. The van der Waals surface area contributed by atoms with Crippen LogP contribution in [0.1, 0.15) is 51.7 Å².